The highest BCUT2D eigenvalue weighted by molar-refractivity contribution is 6.07. The number of fused-ring (bicyclic) bond motifs is 8. The van der Waals surface area contributed by atoms with E-state index in [1.165, 1.54) is 37.6 Å². The van der Waals surface area contributed by atoms with Crippen LogP contribution >= 0.6 is 0 Å². The molecule has 2 aliphatic heterocycles. The van der Waals surface area contributed by atoms with Gasteiger partial charge in [0, 0.05) is 28.8 Å². The molecule has 4 aliphatic rings. The van der Waals surface area contributed by atoms with E-state index in [1.807, 2.05) is 0 Å². The van der Waals surface area contributed by atoms with Gasteiger partial charge in [-0.1, -0.05) is 30.3 Å². The summed E-state index contributed by atoms with van der Waals surface area (Å²) >= 11 is 0. The first-order chi connectivity index (χ1) is 12.4. The van der Waals surface area contributed by atoms with Crippen molar-refractivity contribution < 1.29 is 9.47 Å². The van der Waals surface area contributed by atoms with Crippen molar-refractivity contribution in [3.63, 3.8) is 0 Å². The molecule has 0 unspecified atom stereocenters. The third-order valence-corrected chi connectivity index (χ3v) is 5.31. The van der Waals surface area contributed by atoms with Crippen LogP contribution in [0.25, 0.3) is 18.2 Å². The number of nitrogens with zero attached hydrogens (tertiary/aromatic N) is 1. The molecule has 25 heavy (non-hydrogen) atoms. The number of hydrogen-bond acceptors (Lipinski definition) is 3. The van der Waals surface area contributed by atoms with Crippen LogP contribution in [0.1, 0.15) is 23.1 Å². The second-order valence-corrected chi connectivity index (χ2v) is 6.66. The normalized spacial score (nSPS) is 17.9. The Labute approximate surface area is 144 Å². The summed E-state index contributed by atoms with van der Waals surface area (Å²) in [4.78, 5) is 4.52. The maximum atomic E-state index is 6.13. The Hall–Kier alpha value is -3.07. The summed E-state index contributed by atoms with van der Waals surface area (Å²) in [5, 5.41) is 5.03. The first-order valence-corrected chi connectivity index (χ1v) is 8.63. The van der Waals surface area contributed by atoms with Crippen LogP contribution in [0.5, 0.6) is 5.75 Å². The maximum absolute atomic E-state index is 6.13. The fraction of sp³-hybridized carbons (Fsp3) is 0.136. The average molecular weight is 325 g/mol. The van der Waals surface area contributed by atoms with Gasteiger partial charge in [-0.05, 0) is 33.7 Å². The standard InChI is InChI=1S/C22H15NO2/c1-2-5-14-13(4-1)10-18-21(14)17-12-20-19(23-7-9-24-20)11-16(17)15-6-3-8-25-22(15)18/h1-2,4-7,9-10,12H,3,8,11H2. The first-order valence-electron chi connectivity index (χ1n) is 8.63. The second kappa shape index (κ2) is 4.73. The molecule has 2 aromatic carbocycles. The van der Waals surface area contributed by atoms with Gasteiger partial charge in [0.1, 0.15) is 17.8 Å². The molecule has 120 valence electrons. The van der Waals surface area contributed by atoms with Crippen molar-refractivity contribution in [3.05, 3.63) is 80.1 Å². The topological polar surface area (TPSA) is 30.8 Å². The number of benzene rings is 2. The van der Waals surface area contributed by atoms with Crippen molar-refractivity contribution in [1.82, 2.24) is 0 Å². The van der Waals surface area contributed by atoms with Crippen molar-refractivity contribution in [3.8, 4) is 5.75 Å². The van der Waals surface area contributed by atoms with Crippen LogP contribution in [0, 0.1) is 10.4 Å². The molecule has 0 atom stereocenters. The van der Waals surface area contributed by atoms with Crippen LogP contribution in [0.4, 0.5) is 0 Å². The molecular weight excluding hydrogens is 310 g/mol. The van der Waals surface area contributed by atoms with Crippen LogP contribution in [0.15, 0.2) is 47.5 Å². The lowest BCUT2D eigenvalue weighted by molar-refractivity contribution is 0.317. The molecule has 2 aliphatic carbocycles. The molecule has 0 saturated carbocycles. The van der Waals surface area contributed by atoms with Crippen LogP contribution in [-0.4, -0.2) is 12.3 Å². The van der Waals surface area contributed by atoms with Gasteiger partial charge in [0.05, 0.1) is 18.5 Å². The number of rotatable bonds is 0. The molecule has 2 heterocycles. The lowest BCUT2D eigenvalue weighted by Gasteiger charge is -2.24. The van der Waals surface area contributed by atoms with Gasteiger partial charge in [-0.25, -0.2) is 0 Å². The van der Waals surface area contributed by atoms with E-state index >= 15 is 0 Å². The van der Waals surface area contributed by atoms with Crippen molar-refractivity contribution in [2.45, 2.75) is 12.8 Å². The van der Waals surface area contributed by atoms with Gasteiger partial charge in [-0.3, -0.25) is 4.99 Å². The van der Waals surface area contributed by atoms with E-state index in [9.17, 15) is 0 Å². The maximum Gasteiger partial charge on any atom is 0.148 e. The Morgan fingerprint density at radius 3 is 3.00 bits per heavy atom. The minimum absolute atomic E-state index is 0.746. The number of allylic oxidation sites excluding steroid dienone is 1. The highest BCUT2D eigenvalue weighted by Gasteiger charge is 2.26. The molecule has 0 fully saturated rings. The van der Waals surface area contributed by atoms with Crippen LogP contribution in [0.2, 0.25) is 0 Å². The Kier molecular flexibility index (Phi) is 2.51. The lowest BCUT2D eigenvalue weighted by atomic mass is 9.88. The first kappa shape index (κ1) is 13.2. The van der Waals surface area contributed by atoms with Gasteiger partial charge in [0.15, 0.2) is 0 Å². The largest absolute Gasteiger partial charge is 0.492 e. The monoisotopic (exact) mass is 325 g/mol. The van der Waals surface area contributed by atoms with Gasteiger partial charge in [0.25, 0.3) is 0 Å². The van der Waals surface area contributed by atoms with E-state index in [-0.39, 0.29) is 0 Å². The van der Waals surface area contributed by atoms with Gasteiger partial charge in [-0.15, -0.1) is 0 Å². The lowest BCUT2D eigenvalue weighted by Crippen LogP contribution is -2.27. The van der Waals surface area contributed by atoms with Gasteiger partial charge in [-0.2, -0.15) is 0 Å². The summed E-state index contributed by atoms with van der Waals surface area (Å²) in [6.07, 6.45) is 11.8. The van der Waals surface area contributed by atoms with Gasteiger partial charge < -0.3 is 9.47 Å². The Bertz CT molecular complexity index is 1260. The zero-order valence-electron chi connectivity index (χ0n) is 13.6. The zero-order chi connectivity index (χ0) is 16.4. The van der Waals surface area contributed by atoms with E-state index in [4.69, 9.17) is 9.47 Å². The third kappa shape index (κ3) is 1.73. The quantitative estimate of drug-likeness (QED) is 0.636. The summed E-state index contributed by atoms with van der Waals surface area (Å²) < 4.78 is 11.9. The Morgan fingerprint density at radius 1 is 1.04 bits per heavy atom. The minimum atomic E-state index is 0.746. The minimum Gasteiger partial charge on any atom is -0.492 e. The van der Waals surface area contributed by atoms with Crippen LogP contribution in [-0.2, 0) is 11.2 Å². The molecule has 6 rings (SSSR count). The predicted molar refractivity (Wildman–Crippen MR) is 97.3 cm³/mol. The van der Waals surface area contributed by atoms with Crippen molar-refractivity contribution >= 4 is 23.9 Å². The summed E-state index contributed by atoms with van der Waals surface area (Å²) in [5.74, 6) is 1.89. The van der Waals surface area contributed by atoms with Crippen molar-refractivity contribution in [2.75, 3.05) is 6.61 Å². The molecule has 0 amide bonds. The molecule has 0 radical (unpaired) electrons. The average Bonchev–Trinajstić information content (AvgIpc) is 3.07. The molecule has 3 heteroatoms. The third-order valence-electron chi connectivity index (χ3n) is 5.31. The summed E-state index contributed by atoms with van der Waals surface area (Å²) in [6.45, 7) is 0.746. The molecular formula is C22H15NO2. The van der Waals surface area contributed by atoms with Crippen molar-refractivity contribution in [1.29, 1.82) is 0 Å². The molecule has 3 nitrogen and oxygen atoms in total. The zero-order valence-corrected chi connectivity index (χ0v) is 13.6. The second-order valence-electron chi connectivity index (χ2n) is 6.66. The van der Waals surface area contributed by atoms with E-state index in [0.717, 1.165) is 36.7 Å². The fourth-order valence-electron chi connectivity index (χ4n) is 4.26. The Morgan fingerprint density at radius 2 is 2.00 bits per heavy atom. The van der Waals surface area contributed by atoms with Crippen LogP contribution in [0.3, 0.4) is 0 Å². The Balaban J connectivity index is 1.85. The fourth-order valence-corrected chi connectivity index (χ4v) is 4.26. The SMILES string of the molecule is C1=COC2=Cc3c(c4c(c5c3=c3ccccc3=C5)OCCC=4)CC2=N1. The molecule has 0 bridgehead atoms. The van der Waals surface area contributed by atoms with E-state index in [0.29, 0.717) is 0 Å². The highest BCUT2D eigenvalue weighted by Crippen LogP contribution is 2.32. The smallest absolute Gasteiger partial charge is 0.148 e. The molecule has 2 aromatic rings. The number of ether oxygens (including phenoxy) is 2. The van der Waals surface area contributed by atoms with E-state index < -0.39 is 0 Å². The summed E-state index contributed by atoms with van der Waals surface area (Å²) in [7, 11) is 0. The molecule has 0 aromatic heterocycles. The number of hydrogen-bond donors (Lipinski definition) is 0. The predicted octanol–water partition coefficient (Wildman–Crippen LogP) is 2.52. The van der Waals surface area contributed by atoms with E-state index in [2.05, 4.69) is 47.5 Å². The molecule has 0 spiro atoms. The molecule has 0 saturated heterocycles. The van der Waals surface area contributed by atoms with Gasteiger partial charge >= 0.3 is 0 Å². The number of aliphatic imine (C=N–C) groups is 1. The van der Waals surface area contributed by atoms with Gasteiger partial charge in [0.2, 0.25) is 0 Å². The molecule has 0 N–H and O–H groups in total. The highest BCUT2D eigenvalue weighted by atomic mass is 16.5. The summed E-state index contributed by atoms with van der Waals surface area (Å²) in [5.41, 5.74) is 4.75. The van der Waals surface area contributed by atoms with Crippen LogP contribution < -0.4 is 15.2 Å². The summed E-state index contributed by atoms with van der Waals surface area (Å²) in [6, 6.07) is 8.55. The van der Waals surface area contributed by atoms with Crippen molar-refractivity contribution in [2.24, 2.45) is 4.99 Å². The van der Waals surface area contributed by atoms with E-state index in [1.54, 1.807) is 12.5 Å².